The molecule has 0 aliphatic rings. The van der Waals surface area contributed by atoms with Gasteiger partial charge in [-0.05, 0) is 102 Å². The van der Waals surface area contributed by atoms with Gasteiger partial charge in [-0.1, -0.05) is 176 Å². The van der Waals surface area contributed by atoms with Crippen LogP contribution in [-0.2, 0) is 0 Å². The van der Waals surface area contributed by atoms with Crippen LogP contribution >= 0.6 is 11.3 Å². The van der Waals surface area contributed by atoms with Gasteiger partial charge in [-0.15, -0.1) is 11.3 Å². The molecular weight excluding hydrogens is 695 g/mol. The first-order chi connectivity index (χ1) is 27.8. The van der Waals surface area contributed by atoms with Crippen LogP contribution in [-0.4, -0.2) is 0 Å². The fourth-order valence-corrected chi connectivity index (χ4v) is 9.78. The van der Waals surface area contributed by atoms with Gasteiger partial charge < -0.3 is 4.90 Å². The fourth-order valence-electron chi connectivity index (χ4n) is 8.52. The second kappa shape index (κ2) is 13.4. The highest BCUT2D eigenvalue weighted by atomic mass is 32.1. The van der Waals surface area contributed by atoms with Gasteiger partial charge in [0, 0.05) is 31.5 Å². The Kier molecular flexibility index (Phi) is 7.75. The minimum absolute atomic E-state index is 1.12. The predicted octanol–water partition coefficient (Wildman–Crippen LogP) is 16.0. The van der Waals surface area contributed by atoms with Gasteiger partial charge in [0.2, 0.25) is 0 Å². The molecule has 10 aromatic carbocycles. The lowest BCUT2D eigenvalue weighted by Gasteiger charge is -2.28. The van der Waals surface area contributed by atoms with Crippen molar-refractivity contribution in [2.75, 3.05) is 4.90 Å². The average molecular weight is 730 g/mol. The van der Waals surface area contributed by atoms with Crippen molar-refractivity contribution in [2.24, 2.45) is 0 Å². The van der Waals surface area contributed by atoms with E-state index in [0.717, 1.165) is 11.4 Å². The molecule has 0 saturated carbocycles. The molecule has 1 nitrogen and oxygen atoms in total. The minimum atomic E-state index is 1.12. The van der Waals surface area contributed by atoms with Crippen LogP contribution in [0.25, 0.3) is 85.9 Å². The first-order valence-corrected chi connectivity index (χ1v) is 20.0. The quantitative estimate of drug-likeness (QED) is 0.154. The summed E-state index contributed by atoms with van der Waals surface area (Å²) in [6.45, 7) is 0. The van der Waals surface area contributed by atoms with E-state index in [1.54, 1.807) is 0 Å². The highest BCUT2D eigenvalue weighted by Gasteiger charge is 2.22. The lowest BCUT2D eigenvalue weighted by atomic mass is 9.96. The molecule has 11 aromatic rings. The summed E-state index contributed by atoms with van der Waals surface area (Å²) in [5, 5.41) is 10.1. The molecule has 0 spiro atoms. The number of hydrogen-bond donors (Lipinski definition) is 0. The highest BCUT2D eigenvalue weighted by Crippen LogP contribution is 2.49. The molecule has 0 aliphatic heterocycles. The summed E-state index contributed by atoms with van der Waals surface area (Å²) in [6, 6.07) is 77.7. The topological polar surface area (TPSA) is 3.24 Å². The first-order valence-electron chi connectivity index (χ1n) is 19.2. The smallest absolute Gasteiger partial charge is 0.0555 e. The van der Waals surface area contributed by atoms with Crippen molar-refractivity contribution < 1.29 is 0 Å². The number of hydrogen-bond acceptors (Lipinski definition) is 2. The van der Waals surface area contributed by atoms with Crippen LogP contribution in [0.5, 0.6) is 0 Å². The van der Waals surface area contributed by atoms with Gasteiger partial charge in [0.1, 0.15) is 0 Å². The summed E-state index contributed by atoms with van der Waals surface area (Å²) in [4.78, 5) is 2.47. The molecule has 0 unspecified atom stereocenters. The van der Waals surface area contributed by atoms with Crippen LogP contribution in [0.2, 0.25) is 0 Å². The van der Waals surface area contributed by atoms with Crippen LogP contribution < -0.4 is 4.90 Å². The zero-order chi connectivity index (χ0) is 37.0. The highest BCUT2D eigenvalue weighted by molar-refractivity contribution is 7.26. The number of thiophene rings is 1. The predicted molar refractivity (Wildman–Crippen MR) is 243 cm³/mol. The number of fused-ring (bicyclic) bond motifs is 7. The molecule has 0 bridgehead atoms. The maximum absolute atomic E-state index is 2.47. The lowest BCUT2D eigenvalue weighted by molar-refractivity contribution is 1.31. The molecule has 0 atom stereocenters. The summed E-state index contributed by atoms with van der Waals surface area (Å²) < 4.78 is 2.58. The van der Waals surface area contributed by atoms with E-state index in [-0.39, 0.29) is 0 Å². The zero-order valence-electron chi connectivity index (χ0n) is 30.6. The summed E-state index contributed by atoms with van der Waals surface area (Å²) in [6.07, 6.45) is 0. The standard InChI is InChI=1S/C54H35NS/c1-2-11-36(12-3-1)37-21-23-41(24-22-37)48-33-34-51(53-49-18-8-9-20-52(49)56-54(48)53)55(44-32-29-42-26-25-39-14-5-7-17-47(39)50(42)35-44)43-30-27-40(28-31-43)46-19-10-15-38-13-4-6-16-45(38)46/h1-35H. The van der Waals surface area contributed by atoms with E-state index < -0.39 is 0 Å². The average Bonchev–Trinajstić information content (AvgIpc) is 3.67. The number of anilines is 3. The molecule has 0 aliphatic carbocycles. The fraction of sp³-hybridized carbons (Fsp3) is 0. The van der Waals surface area contributed by atoms with Crippen molar-refractivity contribution in [1.29, 1.82) is 0 Å². The Bertz CT molecular complexity index is 3230. The van der Waals surface area contributed by atoms with E-state index in [2.05, 4.69) is 217 Å². The summed E-state index contributed by atoms with van der Waals surface area (Å²) in [5.74, 6) is 0. The molecule has 1 heterocycles. The van der Waals surface area contributed by atoms with E-state index in [1.165, 1.54) is 91.6 Å². The number of nitrogens with zero attached hydrogens (tertiary/aromatic N) is 1. The van der Waals surface area contributed by atoms with Crippen molar-refractivity contribution >= 4 is 80.9 Å². The van der Waals surface area contributed by atoms with Gasteiger partial charge in [-0.3, -0.25) is 0 Å². The van der Waals surface area contributed by atoms with E-state index in [1.807, 2.05) is 11.3 Å². The van der Waals surface area contributed by atoms with Crippen molar-refractivity contribution in [2.45, 2.75) is 0 Å². The van der Waals surface area contributed by atoms with Crippen LogP contribution in [0.3, 0.4) is 0 Å². The Morgan fingerprint density at radius 3 is 1.68 bits per heavy atom. The third-order valence-corrected chi connectivity index (χ3v) is 12.5. The third-order valence-electron chi connectivity index (χ3n) is 11.3. The molecule has 0 amide bonds. The van der Waals surface area contributed by atoms with Crippen molar-refractivity contribution in [3.63, 3.8) is 0 Å². The van der Waals surface area contributed by atoms with Gasteiger partial charge in [0.15, 0.2) is 0 Å². The summed E-state index contributed by atoms with van der Waals surface area (Å²) in [7, 11) is 0. The molecule has 0 saturated heterocycles. The number of benzene rings is 10. The third kappa shape index (κ3) is 5.46. The monoisotopic (exact) mass is 729 g/mol. The van der Waals surface area contributed by atoms with Gasteiger partial charge in [0.05, 0.1) is 5.69 Å². The van der Waals surface area contributed by atoms with Crippen LogP contribution in [0.4, 0.5) is 17.1 Å². The molecule has 262 valence electrons. The van der Waals surface area contributed by atoms with Gasteiger partial charge in [0.25, 0.3) is 0 Å². The van der Waals surface area contributed by atoms with Crippen molar-refractivity contribution in [1.82, 2.24) is 0 Å². The second-order valence-electron chi connectivity index (χ2n) is 14.5. The Morgan fingerprint density at radius 2 is 0.875 bits per heavy atom. The largest absolute Gasteiger partial charge is 0.310 e. The second-order valence-corrected chi connectivity index (χ2v) is 15.5. The summed E-state index contributed by atoms with van der Waals surface area (Å²) in [5.41, 5.74) is 10.8. The van der Waals surface area contributed by atoms with Gasteiger partial charge >= 0.3 is 0 Å². The first kappa shape index (κ1) is 32.4. The van der Waals surface area contributed by atoms with E-state index in [0.29, 0.717) is 0 Å². The molecule has 0 fully saturated rings. The molecule has 0 radical (unpaired) electrons. The molecule has 11 rings (SSSR count). The Balaban J connectivity index is 1.13. The molecule has 0 N–H and O–H groups in total. The van der Waals surface area contributed by atoms with Gasteiger partial charge in [-0.25, -0.2) is 0 Å². The summed E-state index contributed by atoms with van der Waals surface area (Å²) >= 11 is 1.88. The maximum atomic E-state index is 2.47. The van der Waals surface area contributed by atoms with Gasteiger partial charge in [-0.2, -0.15) is 0 Å². The lowest BCUT2D eigenvalue weighted by Crippen LogP contribution is -2.10. The Hall–Kier alpha value is -7.00. The van der Waals surface area contributed by atoms with Crippen molar-refractivity contribution in [3.05, 3.63) is 212 Å². The van der Waals surface area contributed by atoms with E-state index in [4.69, 9.17) is 0 Å². The molecular formula is C54H35NS. The van der Waals surface area contributed by atoms with E-state index in [9.17, 15) is 0 Å². The molecule has 1 aromatic heterocycles. The van der Waals surface area contributed by atoms with Crippen LogP contribution in [0, 0.1) is 0 Å². The van der Waals surface area contributed by atoms with E-state index >= 15 is 0 Å². The minimum Gasteiger partial charge on any atom is -0.310 e. The normalized spacial score (nSPS) is 11.6. The van der Waals surface area contributed by atoms with Crippen molar-refractivity contribution in [3.8, 4) is 33.4 Å². The molecule has 2 heteroatoms. The maximum Gasteiger partial charge on any atom is 0.0555 e. The van der Waals surface area contributed by atoms with Crippen LogP contribution in [0.1, 0.15) is 0 Å². The SMILES string of the molecule is c1ccc(-c2ccc(-c3ccc(N(c4ccc(-c5cccc6ccccc56)cc4)c4ccc5ccc6ccccc6c5c4)c4c3sc3ccccc34)cc2)cc1. The Morgan fingerprint density at radius 1 is 0.321 bits per heavy atom. The Labute approximate surface area is 330 Å². The molecule has 56 heavy (non-hydrogen) atoms. The number of rotatable bonds is 6. The zero-order valence-corrected chi connectivity index (χ0v) is 31.4. The van der Waals surface area contributed by atoms with Crippen LogP contribution in [0.15, 0.2) is 212 Å².